The first-order valence-electron chi connectivity index (χ1n) is 12.6. The molecule has 2 aromatic carbocycles. The Morgan fingerprint density at radius 2 is 1.02 bits per heavy atom. The van der Waals surface area contributed by atoms with E-state index in [1.54, 1.807) is 0 Å². The maximum Gasteiger partial charge on any atom is 0.320 e. The lowest BCUT2D eigenvalue weighted by molar-refractivity contribution is -0.139. The summed E-state index contributed by atoms with van der Waals surface area (Å²) in [5.74, 6) is -4.57. The molecule has 1 heterocycles. The number of nitrogens with two attached hydrogens (primary N) is 4. The molecule has 0 unspecified atom stereocenters. The van der Waals surface area contributed by atoms with Crippen LogP contribution in [0.3, 0.4) is 0 Å². The molecule has 1 saturated heterocycles. The van der Waals surface area contributed by atoms with E-state index in [1.807, 2.05) is 60.7 Å². The molecule has 1 aliphatic rings. The Morgan fingerprint density at radius 3 is 1.21 bits per heavy atom. The Bertz CT molecular complexity index is 980. The van der Waals surface area contributed by atoms with Gasteiger partial charge in [-0.3, -0.25) is 24.0 Å². The molecule has 3 atom stereocenters. The molecule has 0 bridgehead atoms. The lowest BCUT2D eigenvalue weighted by Gasteiger charge is -2.04. The first-order chi connectivity index (χ1) is 19.7. The molecular weight excluding hydrogens is 554 g/mol. The summed E-state index contributed by atoms with van der Waals surface area (Å²) in [7, 11) is 0. The van der Waals surface area contributed by atoms with Crippen molar-refractivity contribution in [3.63, 3.8) is 0 Å². The molecule has 42 heavy (non-hydrogen) atoms. The second kappa shape index (κ2) is 24.4. The molecule has 0 aromatic heterocycles. The van der Waals surface area contributed by atoms with E-state index in [-0.39, 0.29) is 19.1 Å². The Balaban J connectivity index is 0. The number of carboxylic acid groups (broad SMARTS) is 5. The van der Waals surface area contributed by atoms with Gasteiger partial charge in [0.2, 0.25) is 0 Å². The number of rotatable bonds is 9. The number of hydrogen-bond acceptors (Lipinski definition) is 10. The summed E-state index contributed by atoms with van der Waals surface area (Å²) >= 11 is 0. The lowest BCUT2D eigenvalue weighted by atomic mass is 10.1. The van der Waals surface area contributed by atoms with Crippen LogP contribution in [0.5, 0.6) is 0 Å². The van der Waals surface area contributed by atoms with Gasteiger partial charge in [-0.05, 0) is 43.4 Å². The van der Waals surface area contributed by atoms with Crippen LogP contribution in [-0.4, -0.2) is 93.1 Å². The third-order valence-electron chi connectivity index (χ3n) is 4.94. The molecule has 0 amide bonds. The zero-order valence-corrected chi connectivity index (χ0v) is 23.0. The molecule has 3 rings (SSSR count). The van der Waals surface area contributed by atoms with Crippen molar-refractivity contribution in [2.24, 2.45) is 22.9 Å². The predicted octanol–water partition coefficient (Wildman–Crippen LogP) is -0.836. The summed E-state index contributed by atoms with van der Waals surface area (Å²) in [6, 6.07) is 16.8. The first kappa shape index (κ1) is 39.7. The van der Waals surface area contributed by atoms with Crippen LogP contribution in [0, 0.1) is 0 Å². The van der Waals surface area contributed by atoms with Gasteiger partial charge in [0.15, 0.2) is 0 Å². The van der Waals surface area contributed by atoms with Crippen molar-refractivity contribution in [3.05, 3.63) is 71.8 Å². The minimum atomic E-state index is -0.968. The van der Waals surface area contributed by atoms with Gasteiger partial charge in [-0.2, -0.15) is 0 Å². The summed E-state index contributed by atoms with van der Waals surface area (Å²) in [5, 5.41) is 43.4. The highest BCUT2D eigenvalue weighted by molar-refractivity contribution is 5.74. The standard InChI is InChI=1S/2C9H11NO2.C5H9NO2.2C2H5NO2/c2*10-8(9(11)12)6-7-4-2-1-3-5-7;7-5(8)4-2-1-3-6-4;2*3-1-2(4)5/h2*1-5,8H,6,10H2,(H,11,12);4,6H,1-3H2,(H,7,8);2*1,3H2,(H,4,5)/t2*8-;4-;;/m000../s1. The first-order valence-corrected chi connectivity index (χ1v) is 12.6. The average molecular weight is 596 g/mol. The summed E-state index contributed by atoms with van der Waals surface area (Å²) in [6.45, 7) is 0.303. The molecule has 234 valence electrons. The topological polar surface area (TPSA) is 303 Å². The fourth-order valence-electron chi connectivity index (χ4n) is 2.81. The number of aliphatic carboxylic acids is 5. The van der Waals surface area contributed by atoms with Gasteiger partial charge in [-0.1, -0.05) is 60.7 Å². The summed E-state index contributed by atoms with van der Waals surface area (Å²) in [5.41, 5.74) is 21.7. The van der Waals surface area contributed by atoms with E-state index in [0.717, 1.165) is 30.5 Å². The normalized spacial score (nSPS) is 14.2. The van der Waals surface area contributed by atoms with Crippen molar-refractivity contribution >= 4 is 29.8 Å². The van der Waals surface area contributed by atoms with E-state index in [9.17, 15) is 24.0 Å². The highest BCUT2D eigenvalue weighted by Crippen LogP contribution is 2.04. The van der Waals surface area contributed by atoms with Gasteiger partial charge in [0, 0.05) is 0 Å². The quantitative estimate of drug-likeness (QED) is 0.169. The van der Waals surface area contributed by atoms with E-state index >= 15 is 0 Å². The smallest absolute Gasteiger partial charge is 0.320 e. The zero-order valence-electron chi connectivity index (χ0n) is 23.0. The van der Waals surface area contributed by atoms with Crippen LogP contribution in [0.1, 0.15) is 24.0 Å². The fourth-order valence-corrected chi connectivity index (χ4v) is 2.81. The number of carboxylic acids is 5. The minimum absolute atomic E-state index is 0.269. The number of nitrogens with one attached hydrogen (secondary N) is 1. The van der Waals surface area contributed by atoms with E-state index in [4.69, 9.17) is 37.0 Å². The van der Waals surface area contributed by atoms with Gasteiger partial charge in [0.1, 0.15) is 18.1 Å². The molecule has 0 radical (unpaired) electrons. The maximum atomic E-state index is 10.4. The molecule has 15 nitrogen and oxygen atoms in total. The third kappa shape index (κ3) is 23.5. The number of hydrogen-bond donors (Lipinski definition) is 10. The van der Waals surface area contributed by atoms with Crippen LogP contribution in [0.25, 0.3) is 0 Å². The Labute approximate surface area is 243 Å². The summed E-state index contributed by atoms with van der Waals surface area (Å²) in [6.07, 6.45) is 2.55. The third-order valence-corrected chi connectivity index (χ3v) is 4.94. The van der Waals surface area contributed by atoms with E-state index in [2.05, 4.69) is 16.8 Å². The van der Waals surface area contributed by atoms with Crippen LogP contribution < -0.4 is 28.3 Å². The zero-order chi connectivity index (χ0) is 32.5. The van der Waals surface area contributed by atoms with Crippen molar-refractivity contribution in [1.29, 1.82) is 0 Å². The molecule has 0 aliphatic carbocycles. The van der Waals surface area contributed by atoms with E-state index in [1.165, 1.54) is 0 Å². The average Bonchev–Trinajstić information content (AvgIpc) is 3.51. The van der Waals surface area contributed by atoms with Gasteiger partial charge >= 0.3 is 29.8 Å². The fraction of sp³-hybridized carbons (Fsp3) is 0.370. The van der Waals surface area contributed by atoms with Crippen molar-refractivity contribution < 1.29 is 49.5 Å². The SMILES string of the molecule is NCC(=O)O.NCC(=O)O.N[C@@H](Cc1ccccc1)C(=O)O.N[C@@H](Cc1ccccc1)C(=O)O.O=C(O)[C@@H]1CCCN1. The van der Waals surface area contributed by atoms with Crippen LogP contribution >= 0.6 is 0 Å². The van der Waals surface area contributed by atoms with Gasteiger partial charge in [-0.15, -0.1) is 0 Å². The van der Waals surface area contributed by atoms with E-state index in [0.29, 0.717) is 12.8 Å². The van der Waals surface area contributed by atoms with Crippen LogP contribution in [0.2, 0.25) is 0 Å². The molecule has 1 fully saturated rings. The Morgan fingerprint density at radius 1 is 0.690 bits per heavy atom. The van der Waals surface area contributed by atoms with Crippen molar-refractivity contribution in [3.8, 4) is 0 Å². The molecular formula is C27H41N5O10. The Kier molecular flexibility index (Phi) is 23.1. The second-order valence-corrected chi connectivity index (χ2v) is 8.45. The second-order valence-electron chi connectivity index (χ2n) is 8.45. The minimum Gasteiger partial charge on any atom is -0.480 e. The van der Waals surface area contributed by atoms with E-state index < -0.39 is 41.9 Å². The van der Waals surface area contributed by atoms with Gasteiger partial charge in [-0.25, -0.2) is 0 Å². The van der Waals surface area contributed by atoms with Gasteiger partial charge in [0.05, 0.1) is 13.1 Å². The molecule has 0 spiro atoms. The van der Waals surface area contributed by atoms with Gasteiger partial charge in [0.25, 0.3) is 0 Å². The van der Waals surface area contributed by atoms with Crippen LogP contribution in [-0.2, 0) is 36.8 Å². The summed E-state index contributed by atoms with van der Waals surface area (Å²) in [4.78, 5) is 49.4. The molecule has 1 aliphatic heterocycles. The number of carbonyl (C=O) groups is 5. The largest absolute Gasteiger partial charge is 0.480 e. The van der Waals surface area contributed by atoms with Crippen LogP contribution in [0.4, 0.5) is 0 Å². The van der Waals surface area contributed by atoms with Crippen molar-refractivity contribution in [2.45, 2.75) is 43.8 Å². The monoisotopic (exact) mass is 595 g/mol. The highest BCUT2D eigenvalue weighted by atomic mass is 16.4. The predicted molar refractivity (Wildman–Crippen MR) is 154 cm³/mol. The highest BCUT2D eigenvalue weighted by Gasteiger charge is 2.20. The number of benzene rings is 2. The summed E-state index contributed by atoms with van der Waals surface area (Å²) < 4.78 is 0. The Hall–Kier alpha value is -4.41. The van der Waals surface area contributed by atoms with Crippen molar-refractivity contribution in [2.75, 3.05) is 19.6 Å². The van der Waals surface area contributed by atoms with Crippen LogP contribution in [0.15, 0.2) is 60.7 Å². The lowest BCUT2D eigenvalue weighted by Crippen LogP contribution is -2.32. The van der Waals surface area contributed by atoms with Crippen molar-refractivity contribution in [1.82, 2.24) is 5.32 Å². The van der Waals surface area contributed by atoms with Gasteiger partial charge < -0.3 is 53.8 Å². The molecule has 2 aromatic rings. The molecule has 15 heteroatoms. The molecule has 0 saturated carbocycles. The molecule has 14 N–H and O–H groups in total. The maximum absolute atomic E-state index is 10.4.